The van der Waals surface area contributed by atoms with E-state index >= 15 is 0 Å². The smallest absolute Gasteiger partial charge is 0.0222 e. The quantitative estimate of drug-likeness (QED) is 0.816. The van der Waals surface area contributed by atoms with Crippen LogP contribution < -0.4 is 5.73 Å². The number of hydrogen-bond donors (Lipinski definition) is 1. The molecule has 1 aromatic heterocycles. The second-order valence-electron chi connectivity index (χ2n) is 5.72. The van der Waals surface area contributed by atoms with E-state index < -0.39 is 0 Å². The van der Waals surface area contributed by atoms with Gasteiger partial charge in [-0.2, -0.15) is 0 Å². The van der Waals surface area contributed by atoms with Crippen LogP contribution in [0.3, 0.4) is 0 Å². The zero-order valence-corrected chi connectivity index (χ0v) is 10.4. The lowest BCUT2D eigenvalue weighted by molar-refractivity contribution is 0.397. The van der Waals surface area contributed by atoms with Crippen LogP contribution in [0.25, 0.3) is 0 Å². The highest BCUT2D eigenvalue weighted by atomic mass is 32.1. The van der Waals surface area contributed by atoms with Gasteiger partial charge in [0.05, 0.1) is 0 Å². The Kier molecular flexibility index (Phi) is 1.88. The molecule has 2 heteroatoms. The van der Waals surface area contributed by atoms with Crippen LogP contribution in [-0.2, 0) is 18.3 Å². The number of hydrogen-bond acceptors (Lipinski definition) is 2. The molecule has 0 amide bonds. The van der Waals surface area contributed by atoms with Gasteiger partial charge in [0.1, 0.15) is 0 Å². The third kappa shape index (κ3) is 1.31. The van der Waals surface area contributed by atoms with Crippen LogP contribution in [0.5, 0.6) is 0 Å². The van der Waals surface area contributed by atoms with E-state index in [-0.39, 0.29) is 5.54 Å². The molecule has 0 saturated heterocycles. The molecule has 1 nitrogen and oxygen atoms in total. The SMILES string of the molecule is CC(C)(N)C1(c2cc3c(s2)CCC3)CC1. The topological polar surface area (TPSA) is 26.0 Å². The molecule has 0 bridgehead atoms. The molecule has 2 aliphatic carbocycles. The van der Waals surface area contributed by atoms with Crippen molar-refractivity contribution in [3.8, 4) is 0 Å². The molecule has 1 heterocycles. The summed E-state index contributed by atoms with van der Waals surface area (Å²) < 4.78 is 0. The van der Waals surface area contributed by atoms with Gasteiger partial charge in [-0.15, -0.1) is 11.3 Å². The van der Waals surface area contributed by atoms with Gasteiger partial charge < -0.3 is 5.73 Å². The lowest BCUT2D eigenvalue weighted by Gasteiger charge is -2.30. The largest absolute Gasteiger partial charge is 0.325 e. The molecular formula is C13H19NS. The lowest BCUT2D eigenvalue weighted by Crippen LogP contribution is -2.44. The van der Waals surface area contributed by atoms with Gasteiger partial charge in [-0.25, -0.2) is 0 Å². The first-order valence-electron chi connectivity index (χ1n) is 5.94. The van der Waals surface area contributed by atoms with Crippen molar-refractivity contribution < 1.29 is 0 Å². The number of fused-ring (bicyclic) bond motifs is 1. The molecule has 0 aliphatic heterocycles. The van der Waals surface area contributed by atoms with Gasteiger partial charge in [0, 0.05) is 20.7 Å². The van der Waals surface area contributed by atoms with E-state index in [1.165, 1.54) is 32.1 Å². The summed E-state index contributed by atoms with van der Waals surface area (Å²) >= 11 is 2.04. The highest BCUT2D eigenvalue weighted by Gasteiger charge is 2.54. The molecule has 15 heavy (non-hydrogen) atoms. The van der Waals surface area contributed by atoms with Gasteiger partial charge in [-0.05, 0) is 57.6 Å². The van der Waals surface area contributed by atoms with Crippen molar-refractivity contribution in [2.75, 3.05) is 0 Å². The molecule has 1 saturated carbocycles. The first kappa shape index (κ1) is 9.86. The lowest BCUT2D eigenvalue weighted by atomic mass is 9.83. The van der Waals surface area contributed by atoms with E-state index in [9.17, 15) is 0 Å². The molecule has 82 valence electrons. The fourth-order valence-corrected chi connectivity index (χ4v) is 4.57. The Morgan fingerprint density at radius 3 is 2.60 bits per heavy atom. The average molecular weight is 221 g/mol. The van der Waals surface area contributed by atoms with Gasteiger partial charge in [0.25, 0.3) is 0 Å². The predicted molar refractivity (Wildman–Crippen MR) is 65.5 cm³/mol. The maximum atomic E-state index is 6.33. The van der Waals surface area contributed by atoms with Crippen molar-refractivity contribution in [3.63, 3.8) is 0 Å². The van der Waals surface area contributed by atoms with E-state index in [4.69, 9.17) is 5.73 Å². The Labute approximate surface area is 95.7 Å². The van der Waals surface area contributed by atoms with Crippen LogP contribution in [0.1, 0.15) is 48.4 Å². The Bertz CT molecular complexity index is 372. The molecule has 3 rings (SSSR count). The van der Waals surface area contributed by atoms with Gasteiger partial charge in [0.2, 0.25) is 0 Å². The molecule has 0 atom stereocenters. The molecule has 0 radical (unpaired) electrons. The van der Waals surface area contributed by atoms with Crippen LogP contribution in [-0.4, -0.2) is 5.54 Å². The standard InChI is InChI=1S/C13H19NS/c1-12(2,14)13(6-7-13)11-8-9-4-3-5-10(9)15-11/h8H,3-7,14H2,1-2H3. The van der Waals surface area contributed by atoms with E-state index in [1.54, 1.807) is 15.3 Å². The fourth-order valence-electron chi connectivity index (χ4n) is 2.90. The maximum absolute atomic E-state index is 6.33. The van der Waals surface area contributed by atoms with Crippen LogP contribution in [0.4, 0.5) is 0 Å². The number of thiophene rings is 1. The third-order valence-corrected chi connectivity index (χ3v) is 5.64. The molecule has 0 spiro atoms. The first-order chi connectivity index (χ1) is 7.03. The van der Waals surface area contributed by atoms with E-state index in [2.05, 4.69) is 19.9 Å². The molecule has 1 fully saturated rings. The Morgan fingerprint density at radius 1 is 1.33 bits per heavy atom. The van der Waals surface area contributed by atoms with Gasteiger partial charge in [-0.1, -0.05) is 0 Å². The van der Waals surface area contributed by atoms with Crippen molar-refractivity contribution in [2.45, 2.75) is 56.9 Å². The normalized spacial score (nSPS) is 22.9. The van der Waals surface area contributed by atoms with Crippen LogP contribution in [0, 0.1) is 0 Å². The van der Waals surface area contributed by atoms with E-state index in [1.807, 2.05) is 11.3 Å². The predicted octanol–water partition coefficient (Wildman–Crippen LogP) is 3.01. The van der Waals surface area contributed by atoms with E-state index in [0.717, 1.165) is 0 Å². The minimum Gasteiger partial charge on any atom is -0.325 e. The highest BCUT2D eigenvalue weighted by Crippen LogP contribution is 2.57. The molecule has 1 aromatic rings. The first-order valence-corrected chi connectivity index (χ1v) is 6.75. The summed E-state index contributed by atoms with van der Waals surface area (Å²) in [5.41, 5.74) is 8.22. The summed E-state index contributed by atoms with van der Waals surface area (Å²) in [6.45, 7) is 4.37. The molecule has 2 aliphatic rings. The van der Waals surface area contributed by atoms with E-state index in [0.29, 0.717) is 5.41 Å². The zero-order chi connectivity index (χ0) is 10.7. The Balaban J connectivity index is 2.00. The van der Waals surface area contributed by atoms with Gasteiger partial charge >= 0.3 is 0 Å². The van der Waals surface area contributed by atoms with Crippen molar-refractivity contribution >= 4 is 11.3 Å². The van der Waals surface area contributed by atoms with Crippen molar-refractivity contribution in [1.82, 2.24) is 0 Å². The second kappa shape index (κ2) is 2.86. The molecule has 0 unspecified atom stereocenters. The maximum Gasteiger partial charge on any atom is 0.0222 e. The summed E-state index contributed by atoms with van der Waals surface area (Å²) in [5.74, 6) is 0. The van der Waals surface area contributed by atoms with Crippen LogP contribution >= 0.6 is 11.3 Å². The molecular weight excluding hydrogens is 202 g/mol. The number of aryl methyl sites for hydroxylation is 2. The summed E-state index contributed by atoms with van der Waals surface area (Å²) in [6.07, 6.45) is 6.54. The summed E-state index contributed by atoms with van der Waals surface area (Å²) in [4.78, 5) is 3.21. The minimum atomic E-state index is -0.0500. The summed E-state index contributed by atoms with van der Waals surface area (Å²) in [6, 6.07) is 2.45. The highest BCUT2D eigenvalue weighted by molar-refractivity contribution is 7.12. The van der Waals surface area contributed by atoms with Crippen molar-refractivity contribution in [2.24, 2.45) is 5.73 Å². The molecule has 2 N–H and O–H groups in total. The average Bonchev–Trinajstić information content (AvgIpc) is 2.67. The third-order valence-electron chi connectivity index (χ3n) is 4.20. The monoisotopic (exact) mass is 221 g/mol. The van der Waals surface area contributed by atoms with Crippen LogP contribution in [0.2, 0.25) is 0 Å². The van der Waals surface area contributed by atoms with Crippen LogP contribution in [0.15, 0.2) is 6.07 Å². The summed E-state index contributed by atoms with van der Waals surface area (Å²) in [5, 5.41) is 0. The minimum absolute atomic E-state index is 0.0500. The second-order valence-corrected chi connectivity index (χ2v) is 6.85. The number of rotatable bonds is 2. The fraction of sp³-hybridized carbons (Fsp3) is 0.692. The zero-order valence-electron chi connectivity index (χ0n) is 9.60. The Morgan fingerprint density at radius 2 is 2.07 bits per heavy atom. The number of nitrogens with two attached hydrogens (primary N) is 1. The van der Waals surface area contributed by atoms with Gasteiger partial charge in [-0.3, -0.25) is 0 Å². The van der Waals surface area contributed by atoms with Crippen molar-refractivity contribution in [1.29, 1.82) is 0 Å². The summed E-state index contributed by atoms with van der Waals surface area (Å²) in [7, 11) is 0. The molecule has 0 aromatic carbocycles. The Hall–Kier alpha value is -0.340. The van der Waals surface area contributed by atoms with Crippen molar-refractivity contribution in [3.05, 3.63) is 21.4 Å². The van der Waals surface area contributed by atoms with Gasteiger partial charge in [0.15, 0.2) is 0 Å².